The molecule has 25 heavy (non-hydrogen) atoms. The zero-order chi connectivity index (χ0) is 18.5. The van der Waals surface area contributed by atoms with E-state index in [1.807, 2.05) is 12.3 Å². The molecule has 0 bridgehead atoms. The average Bonchev–Trinajstić information content (AvgIpc) is 2.62. The van der Waals surface area contributed by atoms with Gasteiger partial charge in [0.25, 0.3) is 0 Å². The number of urea groups is 1. The molecule has 0 fully saturated rings. The number of hydrogen-bond acceptors (Lipinski definition) is 2. The normalized spacial score (nSPS) is 11.8. The van der Waals surface area contributed by atoms with Gasteiger partial charge in [0.05, 0.1) is 11.1 Å². The molecule has 3 nitrogen and oxygen atoms in total. The van der Waals surface area contributed by atoms with Crippen LogP contribution in [0, 0.1) is 5.82 Å². The predicted molar refractivity (Wildman–Crippen MR) is 108 cm³/mol. The lowest BCUT2D eigenvalue weighted by atomic mass is 10.1. The molecule has 0 aromatic heterocycles. The molecule has 1 aromatic carbocycles. The molecular formula is C20H31FN2OS. The van der Waals surface area contributed by atoms with E-state index in [0.29, 0.717) is 0 Å². The van der Waals surface area contributed by atoms with Crippen LogP contribution in [0.4, 0.5) is 14.9 Å². The molecular weight excluding hydrogens is 335 g/mol. The van der Waals surface area contributed by atoms with E-state index >= 15 is 0 Å². The fourth-order valence-electron chi connectivity index (χ4n) is 2.68. The summed E-state index contributed by atoms with van der Waals surface area (Å²) in [5, 5.41) is 2.75. The van der Waals surface area contributed by atoms with Crippen LogP contribution in [0.15, 0.2) is 36.9 Å². The van der Waals surface area contributed by atoms with Gasteiger partial charge in [0.1, 0.15) is 5.82 Å². The number of thioether (sulfide) groups is 1. The third kappa shape index (κ3) is 8.43. The second kappa shape index (κ2) is 12.8. The Morgan fingerprint density at radius 3 is 2.52 bits per heavy atom. The van der Waals surface area contributed by atoms with Gasteiger partial charge < -0.3 is 10.2 Å². The molecule has 0 aliphatic rings. The van der Waals surface area contributed by atoms with Crippen molar-refractivity contribution >= 4 is 23.5 Å². The van der Waals surface area contributed by atoms with Gasteiger partial charge in [-0.15, -0.1) is 18.3 Å². The van der Waals surface area contributed by atoms with Crippen LogP contribution in [0.3, 0.4) is 0 Å². The van der Waals surface area contributed by atoms with Crippen molar-refractivity contribution < 1.29 is 9.18 Å². The number of benzene rings is 1. The Kier molecular flexibility index (Phi) is 11.0. The van der Waals surface area contributed by atoms with E-state index in [4.69, 9.17) is 0 Å². The highest BCUT2D eigenvalue weighted by atomic mass is 32.2. The van der Waals surface area contributed by atoms with Crippen LogP contribution in [0.1, 0.15) is 51.4 Å². The van der Waals surface area contributed by atoms with E-state index in [1.54, 1.807) is 41.9 Å². The van der Waals surface area contributed by atoms with Gasteiger partial charge >= 0.3 is 6.03 Å². The Balaban J connectivity index is 2.31. The molecule has 0 radical (unpaired) electrons. The fraction of sp³-hybridized carbons (Fsp3) is 0.550. The van der Waals surface area contributed by atoms with Crippen molar-refractivity contribution in [3.63, 3.8) is 0 Å². The number of halogens is 1. The Bertz CT molecular complexity index is 524. The Labute approximate surface area is 156 Å². The van der Waals surface area contributed by atoms with Crippen LogP contribution in [-0.2, 0) is 0 Å². The Hall–Kier alpha value is -1.49. The topological polar surface area (TPSA) is 32.3 Å². The van der Waals surface area contributed by atoms with Gasteiger partial charge in [0.15, 0.2) is 0 Å². The number of carbonyl (C=O) groups is 1. The summed E-state index contributed by atoms with van der Waals surface area (Å²) in [6.07, 6.45) is 13.3. The van der Waals surface area contributed by atoms with Gasteiger partial charge in [-0.2, -0.15) is 0 Å². The highest BCUT2D eigenvalue weighted by molar-refractivity contribution is 7.99. The molecule has 1 aromatic rings. The van der Waals surface area contributed by atoms with Crippen molar-refractivity contribution in [3.8, 4) is 0 Å². The highest BCUT2D eigenvalue weighted by Crippen LogP contribution is 2.21. The van der Waals surface area contributed by atoms with Crippen LogP contribution in [0.2, 0.25) is 0 Å². The summed E-state index contributed by atoms with van der Waals surface area (Å²) in [4.78, 5) is 14.0. The maximum absolute atomic E-state index is 13.7. The summed E-state index contributed by atoms with van der Waals surface area (Å²) < 4.78 is 13.7. The first-order chi connectivity index (χ1) is 12.1. The molecule has 0 heterocycles. The monoisotopic (exact) mass is 366 g/mol. The van der Waals surface area contributed by atoms with Gasteiger partial charge in [-0.3, -0.25) is 0 Å². The number of anilines is 1. The molecule has 0 aliphatic heterocycles. The van der Waals surface area contributed by atoms with Gasteiger partial charge in [-0.25, -0.2) is 9.18 Å². The van der Waals surface area contributed by atoms with Crippen molar-refractivity contribution in [2.75, 3.05) is 18.6 Å². The molecule has 0 spiro atoms. The zero-order valence-corrected chi connectivity index (χ0v) is 16.3. The van der Waals surface area contributed by atoms with Crippen LogP contribution >= 0.6 is 11.8 Å². The minimum Gasteiger partial charge on any atom is -0.316 e. The van der Waals surface area contributed by atoms with Crippen molar-refractivity contribution in [2.24, 2.45) is 0 Å². The van der Waals surface area contributed by atoms with Crippen LogP contribution in [0.5, 0.6) is 0 Å². The van der Waals surface area contributed by atoms with Crippen molar-refractivity contribution in [1.29, 1.82) is 0 Å². The van der Waals surface area contributed by atoms with Crippen LogP contribution in [-0.4, -0.2) is 29.6 Å². The standard InChI is InChI=1S/C20H31FN2OS/c1-4-5-6-7-8-9-10-11-16-19(25-3)23(2)20(24)22-18-15-13-12-14-17(18)21/h4,12-15,19H,1,5-11,16H2,2-3H3,(H,22,24). The number of amides is 2. The highest BCUT2D eigenvalue weighted by Gasteiger charge is 2.19. The first-order valence-corrected chi connectivity index (χ1v) is 10.3. The van der Waals surface area contributed by atoms with Crippen LogP contribution < -0.4 is 5.32 Å². The largest absolute Gasteiger partial charge is 0.322 e. The number of unbranched alkanes of at least 4 members (excludes halogenated alkanes) is 6. The first-order valence-electron chi connectivity index (χ1n) is 9.02. The number of hydrogen-bond donors (Lipinski definition) is 1. The SMILES string of the molecule is C=CCCCCCCCCC(SC)N(C)C(=O)Nc1ccccc1F. The smallest absolute Gasteiger partial charge is 0.316 e. The molecule has 5 heteroatoms. The number of allylic oxidation sites excluding steroid dienone is 1. The molecule has 0 saturated carbocycles. The lowest BCUT2D eigenvalue weighted by molar-refractivity contribution is 0.216. The zero-order valence-electron chi connectivity index (χ0n) is 15.5. The minimum atomic E-state index is -0.415. The average molecular weight is 367 g/mol. The third-order valence-electron chi connectivity index (χ3n) is 4.25. The lowest BCUT2D eigenvalue weighted by Gasteiger charge is -2.27. The summed E-state index contributed by atoms with van der Waals surface area (Å²) in [7, 11) is 1.77. The predicted octanol–water partition coefficient (Wildman–Crippen LogP) is 6.29. The van der Waals surface area contributed by atoms with E-state index in [0.717, 1.165) is 19.3 Å². The molecule has 2 amide bonds. The number of rotatable bonds is 12. The van der Waals surface area contributed by atoms with Crippen LogP contribution in [0.25, 0.3) is 0 Å². The molecule has 0 aliphatic carbocycles. The van der Waals surface area contributed by atoms with Crippen molar-refractivity contribution in [1.82, 2.24) is 4.90 Å². The summed E-state index contributed by atoms with van der Waals surface area (Å²) >= 11 is 1.66. The summed E-state index contributed by atoms with van der Waals surface area (Å²) in [5.74, 6) is -0.415. The minimum absolute atomic E-state index is 0.104. The molecule has 1 rings (SSSR count). The lowest BCUT2D eigenvalue weighted by Crippen LogP contribution is -2.38. The van der Waals surface area contributed by atoms with E-state index in [9.17, 15) is 9.18 Å². The van der Waals surface area contributed by atoms with E-state index < -0.39 is 5.82 Å². The van der Waals surface area contributed by atoms with E-state index in [2.05, 4.69) is 11.9 Å². The number of nitrogens with one attached hydrogen (secondary N) is 1. The molecule has 1 atom stereocenters. The van der Waals surface area contributed by atoms with E-state index in [1.165, 1.54) is 38.2 Å². The maximum Gasteiger partial charge on any atom is 0.322 e. The Morgan fingerprint density at radius 1 is 1.24 bits per heavy atom. The summed E-state index contributed by atoms with van der Waals surface area (Å²) in [6, 6.07) is 5.96. The molecule has 0 saturated heterocycles. The van der Waals surface area contributed by atoms with Crippen molar-refractivity contribution in [2.45, 2.75) is 56.7 Å². The maximum atomic E-state index is 13.7. The van der Waals surface area contributed by atoms with E-state index in [-0.39, 0.29) is 17.1 Å². The number of carbonyl (C=O) groups excluding carboxylic acids is 1. The third-order valence-corrected chi connectivity index (χ3v) is 5.35. The van der Waals surface area contributed by atoms with Gasteiger partial charge in [0, 0.05) is 7.05 Å². The summed E-state index contributed by atoms with van der Waals surface area (Å²) in [6.45, 7) is 3.74. The van der Waals surface area contributed by atoms with Gasteiger partial charge in [0.2, 0.25) is 0 Å². The summed E-state index contributed by atoms with van der Waals surface area (Å²) in [5.41, 5.74) is 0.221. The fourth-order valence-corrected chi connectivity index (χ4v) is 3.50. The first kappa shape index (κ1) is 21.6. The molecule has 140 valence electrons. The second-order valence-corrected chi connectivity index (χ2v) is 7.21. The van der Waals surface area contributed by atoms with Gasteiger partial charge in [-0.05, 0) is 37.7 Å². The molecule has 1 N–H and O–H groups in total. The molecule has 1 unspecified atom stereocenters. The number of nitrogens with zero attached hydrogens (tertiary/aromatic N) is 1. The number of para-hydroxylation sites is 1. The quantitative estimate of drug-likeness (QED) is 0.268. The second-order valence-electron chi connectivity index (χ2n) is 6.20. The Morgan fingerprint density at radius 2 is 1.88 bits per heavy atom. The van der Waals surface area contributed by atoms with Gasteiger partial charge in [-0.1, -0.05) is 50.3 Å². The van der Waals surface area contributed by atoms with Crippen molar-refractivity contribution in [3.05, 3.63) is 42.7 Å².